The number of esters is 1. The number of hydrogen-bond donors (Lipinski definition) is 0. The first-order chi connectivity index (χ1) is 7.85. The number of rotatable bonds is 1. The predicted octanol–water partition coefficient (Wildman–Crippen LogP) is 0.00100. The summed E-state index contributed by atoms with van der Waals surface area (Å²) in [6, 6.07) is 0. The molecule has 88 valence electrons. The summed E-state index contributed by atoms with van der Waals surface area (Å²) < 4.78 is 29.5. The fourth-order valence-electron chi connectivity index (χ4n) is 1.29. The number of carbonyl (C=O) groups excluding carboxylic acids is 2. The third-order valence-electron chi connectivity index (χ3n) is 1.86. The van der Waals surface area contributed by atoms with Gasteiger partial charge in [-0.3, -0.25) is 0 Å². The second-order valence-electron chi connectivity index (χ2n) is 3.29. The van der Waals surface area contributed by atoms with E-state index in [0.29, 0.717) is 0 Å². The molecule has 17 heavy (non-hydrogen) atoms. The van der Waals surface area contributed by atoms with Gasteiger partial charge >= 0.3 is 12.1 Å². The summed E-state index contributed by atoms with van der Waals surface area (Å²) >= 11 is 0. The summed E-state index contributed by atoms with van der Waals surface area (Å²) in [5.74, 6) is -0.870. The van der Waals surface area contributed by atoms with Crippen LogP contribution in [0.15, 0.2) is 33.2 Å². The van der Waals surface area contributed by atoms with E-state index in [2.05, 4.69) is 14.1 Å². The first-order valence-corrected chi connectivity index (χ1v) is 6.25. The van der Waals surface area contributed by atoms with Gasteiger partial charge in [0.2, 0.25) is 0 Å². The number of nitrogens with zero attached hydrogens (tertiary/aromatic N) is 2. The molecule has 0 saturated heterocycles. The first kappa shape index (κ1) is 11.4. The fraction of sp³-hybridized carbons (Fsp3) is 0.111. The summed E-state index contributed by atoms with van der Waals surface area (Å²) in [4.78, 5) is 25.6. The van der Waals surface area contributed by atoms with Crippen molar-refractivity contribution in [1.82, 2.24) is 0 Å². The highest BCUT2D eigenvalue weighted by atomic mass is 32.2. The third-order valence-corrected chi connectivity index (χ3v) is 2.41. The van der Waals surface area contributed by atoms with Crippen molar-refractivity contribution in [2.24, 2.45) is 9.39 Å². The van der Waals surface area contributed by atoms with Crippen LogP contribution in [0.5, 0.6) is 0 Å². The highest BCUT2D eigenvalue weighted by Crippen LogP contribution is 2.15. The van der Waals surface area contributed by atoms with Gasteiger partial charge in [0, 0.05) is 0 Å². The topological polar surface area (TPSA) is 102 Å². The number of ether oxygens (including phenoxy) is 1. The molecule has 2 rings (SSSR count). The lowest BCUT2D eigenvalue weighted by molar-refractivity contribution is -0.132. The summed E-state index contributed by atoms with van der Waals surface area (Å²) in [6.45, 7) is 0. The van der Waals surface area contributed by atoms with Crippen molar-refractivity contribution in [3.8, 4) is 0 Å². The Hall–Kier alpha value is -2.09. The van der Waals surface area contributed by atoms with Crippen molar-refractivity contribution in [2.45, 2.75) is 0 Å². The normalized spacial score (nSPS) is 21.8. The van der Waals surface area contributed by atoms with E-state index >= 15 is 0 Å². The van der Waals surface area contributed by atoms with Gasteiger partial charge in [0.15, 0.2) is 0 Å². The maximum atomic E-state index is 11.3. The molecule has 0 bridgehead atoms. The van der Waals surface area contributed by atoms with Gasteiger partial charge in [0.25, 0.3) is 10.0 Å². The van der Waals surface area contributed by atoms with Gasteiger partial charge in [0.1, 0.15) is 0 Å². The SMILES string of the molecule is CS(=O)(=O)/N=C1/C=CC2=NC(=O)OC(=O)C2=C1. The summed E-state index contributed by atoms with van der Waals surface area (Å²) in [5, 5.41) is 0. The zero-order chi connectivity index (χ0) is 12.6. The number of sulfonamides is 1. The molecular formula is C9H6N2O5S. The minimum Gasteiger partial charge on any atom is -0.371 e. The maximum absolute atomic E-state index is 11.3. The van der Waals surface area contributed by atoms with Crippen molar-refractivity contribution in [3.63, 3.8) is 0 Å². The zero-order valence-electron chi connectivity index (χ0n) is 8.58. The monoisotopic (exact) mass is 254 g/mol. The highest BCUT2D eigenvalue weighted by Gasteiger charge is 2.27. The molecule has 0 N–H and O–H groups in total. The number of fused-ring (bicyclic) bond motifs is 1. The van der Waals surface area contributed by atoms with Gasteiger partial charge < -0.3 is 4.74 Å². The van der Waals surface area contributed by atoms with Crippen LogP contribution in [-0.2, 0) is 19.6 Å². The summed E-state index contributed by atoms with van der Waals surface area (Å²) in [5.41, 5.74) is 0.223. The number of amides is 1. The van der Waals surface area contributed by atoms with E-state index in [9.17, 15) is 18.0 Å². The van der Waals surface area contributed by atoms with Crippen LogP contribution in [-0.4, -0.2) is 38.2 Å². The fourth-order valence-corrected chi connectivity index (χ4v) is 1.79. The van der Waals surface area contributed by atoms with Crippen LogP contribution < -0.4 is 0 Å². The molecule has 0 unspecified atom stereocenters. The first-order valence-electron chi connectivity index (χ1n) is 4.40. The van der Waals surface area contributed by atoms with Crippen molar-refractivity contribution < 1.29 is 22.7 Å². The molecule has 0 saturated carbocycles. The van der Waals surface area contributed by atoms with E-state index in [1.165, 1.54) is 18.2 Å². The van der Waals surface area contributed by atoms with Crippen molar-refractivity contribution in [2.75, 3.05) is 6.26 Å². The highest BCUT2D eigenvalue weighted by molar-refractivity contribution is 7.89. The van der Waals surface area contributed by atoms with Gasteiger partial charge in [-0.15, -0.1) is 0 Å². The quantitative estimate of drug-likeness (QED) is 0.372. The van der Waals surface area contributed by atoms with Crippen LogP contribution in [0.25, 0.3) is 0 Å². The molecule has 0 spiro atoms. The van der Waals surface area contributed by atoms with Crippen molar-refractivity contribution in [1.29, 1.82) is 0 Å². The van der Waals surface area contributed by atoms with Crippen LogP contribution in [0.3, 0.4) is 0 Å². The standard InChI is InChI=1S/C9H6N2O5S/c1-17(14,15)11-5-2-3-7-6(4-5)8(12)16-9(13)10-7/h2-4H,1H3/b11-5-. The van der Waals surface area contributed by atoms with E-state index in [0.717, 1.165) is 6.26 Å². The second-order valence-corrected chi connectivity index (χ2v) is 4.94. The van der Waals surface area contributed by atoms with Gasteiger partial charge in [-0.2, -0.15) is 9.39 Å². The molecule has 8 heteroatoms. The number of hydrogen-bond acceptors (Lipinski definition) is 5. The Kier molecular flexibility index (Phi) is 2.50. The largest absolute Gasteiger partial charge is 0.442 e. The molecule has 1 heterocycles. The molecule has 1 amide bonds. The number of cyclic esters (lactones) is 2. The zero-order valence-corrected chi connectivity index (χ0v) is 9.39. The Morgan fingerprint density at radius 3 is 2.65 bits per heavy atom. The smallest absolute Gasteiger partial charge is 0.371 e. The Morgan fingerprint density at radius 1 is 1.29 bits per heavy atom. The number of carbonyl (C=O) groups is 2. The van der Waals surface area contributed by atoms with Gasteiger partial charge in [0.05, 0.1) is 23.3 Å². The van der Waals surface area contributed by atoms with Crippen LogP contribution in [0.1, 0.15) is 0 Å². The molecule has 2 aliphatic rings. The van der Waals surface area contributed by atoms with E-state index in [1.54, 1.807) is 0 Å². The van der Waals surface area contributed by atoms with E-state index in [1.807, 2.05) is 0 Å². The van der Waals surface area contributed by atoms with Gasteiger partial charge in [-0.1, -0.05) is 0 Å². The van der Waals surface area contributed by atoms with E-state index < -0.39 is 22.1 Å². The predicted molar refractivity (Wildman–Crippen MR) is 58.4 cm³/mol. The minimum absolute atomic E-state index is 0.00880. The molecular weight excluding hydrogens is 248 g/mol. The number of allylic oxidation sites excluding steroid dienone is 3. The van der Waals surface area contributed by atoms with Gasteiger partial charge in [-0.25, -0.2) is 18.0 Å². The Labute approximate surface area is 96.3 Å². The van der Waals surface area contributed by atoms with Crippen molar-refractivity contribution >= 4 is 33.5 Å². The molecule has 0 fully saturated rings. The number of aliphatic imine (C=N–C) groups is 1. The van der Waals surface area contributed by atoms with Gasteiger partial charge in [-0.05, 0) is 18.2 Å². The third kappa shape index (κ3) is 2.53. The lowest BCUT2D eigenvalue weighted by Gasteiger charge is -2.13. The minimum atomic E-state index is -3.56. The second kappa shape index (κ2) is 3.74. The van der Waals surface area contributed by atoms with Crippen LogP contribution in [0.2, 0.25) is 0 Å². The molecule has 0 aromatic heterocycles. The Morgan fingerprint density at radius 2 is 2.00 bits per heavy atom. The average molecular weight is 254 g/mol. The molecule has 0 aromatic rings. The van der Waals surface area contributed by atoms with Crippen LogP contribution in [0, 0.1) is 0 Å². The van der Waals surface area contributed by atoms with E-state index in [4.69, 9.17) is 0 Å². The summed E-state index contributed by atoms with van der Waals surface area (Å²) in [6.07, 6.45) is 3.82. The molecule has 0 radical (unpaired) electrons. The lowest BCUT2D eigenvalue weighted by Crippen LogP contribution is -2.26. The van der Waals surface area contributed by atoms with E-state index in [-0.39, 0.29) is 17.0 Å². The van der Waals surface area contributed by atoms with Crippen molar-refractivity contribution in [3.05, 3.63) is 23.8 Å². The Balaban J connectivity index is 2.48. The molecule has 0 atom stereocenters. The lowest BCUT2D eigenvalue weighted by atomic mass is 10.0. The maximum Gasteiger partial charge on any atom is 0.442 e. The average Bonchev–Trinajstić information content (AvgIpc) is 2.16. The Bertz CT molecular complexity index is 636. The molecule has 0 aromatic carbocycles. The molecule has 1 aliphatic carbocycles. The molecule has 7 nitrogen and oxygen atoms in total. The van der Waals surface area contributed by atoms with Crippen LogP contribution >= 0.6 is 0 Å². The molecule has 1 aliphatic heterocycles. The summed E-state index contributed by atoms with van der Waals surface area (Å²) in [7, 11) is -3.56. The van der Waals surface area contributed by atoms with Crippen LogP contribution in [0.4, 0.5) is 4.79 Å².